The van der Waals surface area contributed by atoms with E-state index in [4.69, 9.17) is 9.47 Å². The van der Waals surface area contributed by atoms with Crippen molar-refractivity contribution < 1.29 is 14.3 Å². The van der Waals surface area contributed by atoms with Gasteiger partial charge in [-0.3, -0.25) is 4.79 Å². The zero-order valence-electron chi connectivity index (χ0n) is 10.2. The molecule has 0 radical (unpaired) electrons. The van der Waals surface area contributed by atoms with Gasteiger partial charge in [0.1, 0.15) is 5.78 Å². The van der Waals surface area contributed by atoms with Gasteiger partial charge in [0.25, 0.3) is 0 Å². The average Bonchev–Trinajstić information content (AvgIpc) is 2.51. The van der Waals surface area contributed by atoms with E-state index < -0.39 is 0 Å². The molecule has 0 N–H and O–H groups in total. The van der Waals surface area contributed by atoms with E-state index in [2.05, 4.69) is 0 Å². The normalized spacial score (nSPS) is 14.0. The number of rotatable bonds is 3. The Morgan fingerprint density at radius 3 is 2.71 bits per heavy atom. The highest BCUT2D eigenvalue weighted by molar-refractivity contribution is 5.81. The quantitative estimate of drug-likeness (QED) is 0.801. The molecule has 4 nitrogen and oxygen atoms in total. The van der Waals surface area contributed by atoms with Crippen LogP contribution in [-0.2, 0) is 4.79 Å². The fourth-order valence-corrected chi connectivity index (χ4v) is 1.81. The van der Waals surface area contributed by atoms with Crippen LogP contribution >= 0.6 is 0 Å². The molecule has 1 aromatic carbocycles. The summed E-state index contributed by atoms with van der Waals surface area (Å²) in [5.41, 5.74) is 0.962. The summed E-state index contributed by atoms with van der Waals surface area (Å²) in [6, 6.07) is 5.76. The van der Waals surface area contributed by atoms with E-state index in [0.717, 1.165) is 23.6 Å². The molecule has 1 aromatic rings. The molecule has 0 saturated heterocycles. The molecule has 1 aliphatic heterocycles. The second-order valence-corrected chi connectivity index (χ2v) is 4.24. The summed E-state index contributed by atoms with van der Waals surface area (Å²) in [5.74, 6) is 1.68. The topological polar surface area (TPSA) is 38.8 Å². The molecule has 0 saturated carbocycles. The van der Waals surface area contributed by atoms with Crippen molar-refractivity contribution in [3.8, 4) is 11.5 Å². The molecule has 92 valence electrons. The molecule has 0 atom stereocenters. The van der Waals surface area contributed by atoms with Gasteiger partial charge in [-0.1, -0.05) is 0 Å². The molecule has 0 amide bonds. The maximum absolute atomic E-state index is 11.1. The molecule has 0 bridgehead atoms. The number of carbonyl (C=O) groups excluding carboxylic acids is 1. The zero-order chi connectivity index (χ0) is 12.3. The number of carbonyl (C=O) groups is 1. The fourth-order valence-electron chi connectivity index (χ4n) is 1.81. The Bertz CT molecular complexity index is 417. The summed E-state index contributed by atoms with van der Waals surface area (Å²) >= 11 is 0. The Hall–Kier alpha value is -1.71. The smallest absolute Gasteiger partial charge is 0.163 e. The van der Waals surface area contributed by atoms with Crippen LogP contribution in [0.3, 0.4) is 0 Å². The number of ether oxygens (including phenoxy) is 2. The first-order valence-corrected chi connectivity index (χ1v) is 5.77. The number of benzene rings is 1. The third-order valence-electron chi connectivity index (χ3n) is 2.63. The van der Waals surface area contributed by atoms with Crippen molar-refractivity contribution in [1.29, 1.82) is 0 Å². The van der Waals surface area contributed by atoms with Gasteiger partial charge >= 0.3 is 0 Å². The lowest BCUT2D eigenvalue weighted by molar-refractivity contribution is -0.115. The minimum Gasteiger partial charge on any atom is -0.490 e. The first-order valence-electron chi connectivity index (χ1n) is 5.77. The molecule has 1 aliphatic rings. The number of hydrogen-bond acceptors (Lipinski definition) is 4. The second-order valence-electron chi connectivity index (χ2n) is 4.24. The highest BCUT2D eigenvalue weighted by atomic mass is 16.5. The predicted molar refractivity (Wildman–Crippen MR) is 66.0 cm³/mol. The van der Waals surface area contributed by atoms with E-state index >= 15 is 0 Å². The monoisotopic (exact) mass is 235 g/mol. The molecule has 0 spiro atoms. The summed E-state index contributed by atoms with van der Waals surface area (Å²) in [5, 5.41) is 0. The highest BCUT2D eigenvalue weighted by Crippen LogP contribution is 2.33. The molecule has 4 heteroatoms. The van der Waals surface area contributed by atoms with Crippen molar-refractivity contribution in [2.45, 2.75) is 13.3 Å². The van der Waals surface area contributed by atoms with Crippen LogP contribution in [0, 0.1) is 0 Å². The van der Waals surface area contributed by atoms with E-state index in [1.165, 1.54) is 0 Å². The Balaban J connectivity index is 2.20. The molecule has 0 aromatic heterocycles. The molecule has 0 fully saturated rings. The first-order chi connectivity index (χ1) is 8.16. The summed E-state index contributed by atoms with van der Waals surface area (Å²) in [6.07, 6.45) is 0.896. The van der Waals surface area contributed by atoms with Gasteiger partial charge in [-0.25, -0.2) is 0 Å². The van der Waals surface area contributed by atoms with Gasteiger partial charge in [-0.15, -0.1) is 0 Å². The standard InChI is InChI=1S/C13H17NO3/c1-10(15)9-14(2)11-4-5-12-13(8-11)17-7-3-6-16-12/h4-5,8H,3,6-7,9H2,1-2H3. The number of anilines is 1. The molecular formula is C13H17NO3. The van der Waals surface area contributed by atoms with Crippen molar-refractivity contribution in [1.82, 2.24) is 0 Å². The lowest BCUT2D eigenvalue weighted by Gasteiger charge is -2.19. The number of nitrogens with zero attached hydrogens (tertiary/aromatic N) is 1. The van der Waals surface area contributed by atoms with Crippen LogP contribution in [0.5, 0.6) is 11.5 Å². The van der Waals surface area contributed by atoms with Crippen molar-refractivity contribution >= 4 is 11.5 Å². The van der Waals surface area contributed by atoms with Crippen molar-refractivity contribution in [2.24, 2.45) is 0 Å². The summed E-state index contributed by atoms with van der Waals surface area (Å²) in [7, 11) is 1.89. The summed E-state index contributed by atoms with van der Waals surface area (Å²) in [4.78, 5) is 13.0. The van der Waals surface area contributed by atoms with Crippen molar-refractivity contribution in [2.75, 3.05) is 31.7 Å². The van der Waals surface area contributed by atoms with Gasteiger partial charge < -0.3 is 14.4 Å². The van der Waals surface area contributed by atoms with E-state index in [9.17, 15) is 4.79 Å². The summed E-state index contributed by atoms with van der Waals surface area (Å²) in [6.45, 7) is 3.35. The minimum atomic E-state index is 0.139. The van der Waals surface area contributed by atoms with Crippen LogP contribution < -0.4 is 14.4 Å². The molecule has 2 rings (SSSR count). The Morgan fingerprint density at radius 2 is 2.00 bits per heavy atom. The molecule has 17 heavy (non-hydrogen) atoms. The van der Waals surface area contributed by atoms with Gasteiger partial charge in [-0.2, -0.15) is 0 Å². The minimum absolute atomic E-state index is 0.139. The van der Waals surface area contributed by atoms with Gasteiger partial charge in [0, 0.05) is 25.2 Å². The molecule has 0 unspecified atom stereocenters. The lowest BCUT2D eigenvalue weighted by atomic mass is 10.2. The largest absolute Gasteiger partial charge is 0.490 e. The summed E-state index contributed by atoms with van der Waals surface area (Å²) < 4.78 is 11.2. The van der Waals surface area contributed by atoms with Gasteiger partial charge in [0.05, 0.1) is 19.8 Å². The highest BCUT2D eigenvalue weighted by Gasteiger charge is 2.12. The third-order valence-corrected chi connectivity index (χ3v) is 2.63. The Labute approximate surface area is 101 Å². The maximum atomic E-state index is 11.1. The third kappa shape index (κ3) is 2.90. The number of likely N-dealkylation sites (N-methyl/N-ethyl adjacent to an activating group) is 1. The Kier molecular flexibility index (Phi) is 3.52. The van der Waals surface area contributed by atoms with Gasteiger partial charge in [0.2, 0.25) is 0 Å². The van der Waals surface area contributed by atoms with Gasteiger partial charge in [-0.05, 0) is 19.1 Å². The van der Waals surface area contributed by atoms with Crippen LogP contribution in [0.15, 0.2) is 18.2 Å². The average molecular weight is 235 g/mol. The lowest BCUT2D eigenvalue weighted by Crippen LogP contribution is -2.23. The van der Waals surface area contributed by atoms with Crippen molar-refractivity contribution in [3.05, 3.63) is 18.2 Å². The second kappa shape index (κ2) is 5.08. The van der Waals surface area contributed by atoms with Crippen LogP contribution in [-0.4, -0.2) is 32.6 Å². The van der Waals surface area contributed by atoms with Crippen molar-refractivity contribution in [3.63, 3.8) is 0 Å². The predicted octanol–water partition coefficient (Wildman–Crippen LogP) is 1.87. The first kappa shape index (κ1) is 11.8. The Morgan fingerprint density at radius 1 is 1.29 bits per heavy atom. The zero-order valence-corrected chi connectivity index (χ0v) is 10.2. The number of hydrogen-bond donors (Lipinski definition) is 0. The maximum Gasteiger partial charge on any atom is 0.163 e. The van der Waals surface area contributed by atoms with Gasteiger partial charge in [0.15, 0.2) is 11.5 Å². The fraction of sp³-hybridized carbons (Fsp3) is 0.462. The molecule has 1 heterocycles. The van der Waals surface area contributed by atoms with Crippen LogP contribution in [0.4, 0.5) is 5.69 Å². The number of fused-ring (bicyclic) bond motifs is 1. The molecule has 0 aliphatic carbocycles. The van der Waals surface area contributed by atoms with Crippen LogP contribution in [0.1, 0.15) is 13.3 Å². The van der Waals surface area contributed by atoms with E-state index in [1.54, 1.807) is 6.92 Å². The van der Waals surface area contributed by atoms with E-state index in [-0.39, 0.29) is 5.78 Å². The SMILES string of the molecule is CC(=O)CN(C)c1ccc2c(c1)OCCCO2. The van der Waals surface area contributed by atoms with Crippen LogP contribution in [0.2, 0.25) is 0 Å². The van der Waals surface area contributed by atoms with Crippen LogP contribution in [0.25, 0.3) is 0 Å². The van der Waals surface area contributed by atoms with E-state index in [1.807, 2.05) is 30.1 Å². The number of ketones is 1. The van der Waals surface area contributed by atoms with E-state index in [0.29, 0.717) is 19.8 Å². The number of Topliss-reactive ketones (excluding diaryl/α,β-unsaturated/α-hetero) is 1. The molecular weight excluding hydrogens is 218 g/mol.